The minimum absolute atomic E-state index is 0.305. The van der Waals surface area contributed by atoms with Crippen LogP contribution in [0, 0.1) is 0 Å². The minimum Gasteiger partial charge on any atom is -0.388 e. The molecule has 4 nitrogen and oxygen atoms in total. The van der Waals surface area contributed by atoms with Crippen LogP contribution in [0.4, 0.5) is 5.69 Å². The fraction of sp³-hybridized carbons (Fsp3) is 0.462. The molecule has 0 spiro atoms. The molecule has 1 aliphatic heterocycles. The minimum atomic E-state index is -1.00. The van der Waals surface area contributed by atoms with Crippen LogP contribution in [-0.4, -0.2) is 23.2 Å². The van der Waals surface area contributed by atoms with Crippen LogP contribution in [0.3, 0.4) is 0 Å². The average Bonchev–Trinajstić information content (AvgIpc) is 2.38. The van der Waals surface area contributed by atoms with Crippen molar-refractivity contribution in [3.8, 4) is 0 Å². The third-order valence-electron chi connectivity index (χ3n) is 3.05. The molecule has 1 unspecified atom stereocenters. The molecule has 0 saturated carbocycles. The van der Waals surface area contributed by atoms with E-state index in [-0.39, 0.29) is 5.91 Å². The predicted molar refractivity (Wildman–Crippen MR) is 69.4 cm³/mol. The first-order valence-electron chi connectivity index (χ1n) is 5.85. The number of amides is 1. The van der Waals surface area contributed by atoms with E-state index in [1.807, 2.05) is 0 Å². The number of ether oxygens (including phenoxy) is 1. The van der Waals surface area contributed by atoms with Crippen LogP contribution in [0.1, 0.15) is 31.9 Å². The lowest BCUT2D eigenvalue weighted by Crippen LogP contribution is -2.43. The van der Waals surface area contributed by atoms with Crippen molar-refractivity contribution >= 4 is 23.4 Å². The monoisotopic (exact) mass is 269 g/mol. The number of para-hydroxylation sites is 1. The summed E-state index contributed by atoms with van der Waals surface area (Å²) in [6.45, 7) is 3.65. The number of aliphatic hydroxyl groups excluding tert-OH is 1. The first kappa shape index (κ1) is 13.3. The maximum absolute atomic E-state index is 12.2. The Morgan fingerprint density at radius 2 is 2.11 bits per heavy atom. The predicted octanol–water partition coefficient (Wildman–Crippen LogP) is 2.41. The molecule has 0 saturated heterocycles. The molecule has 1 aliphatic rings. The highest BCUT2D eigenvalue weighted by atomic mass is 35.5. The molecule has 18 heavy (non-hydrogen) atoms. The van der Waals surface area contributed by atoms with Crippen molar-refractivity contribution in [3.05, 3.63) is 29.8 Å². The van der Waals surface area contributed by atoms with Crippen LogP contribution in [0.15, 0.2) is 24.3 Å². The summed E-state index contributed by atoms with van der Waals surface area (Å²) in [6.07, 6.45) is -0.262. The number of rotatable bonds is 0. The molecule has 0 aromatic heterocycles. The summed E-state index contributed by atoms with van der Waals surface area (Å²) >= 11 is 6.09. The molecule has 1 aromatic rings. The molecular weight excluding hydrogens is 254 g/mol. The maximum atomic E-state index is 12.2. The molecule has 1 heterocycles. The fourth-order valence-electron chi connectivity index (χ4n) is 1.94. The van der Waals surface area contributed by atoms with Crippen LogP contribution >= 0.6 is 11.8 Å². The van der Waals surface area contributed by atoms with Gasteiger partial charge in [0.2, 0.25) is 0 Å². The van der Waals surface area contributed by atoms with Crippen LogP contribution in [0.2, 0.25) is 0 Å². The van der Waals surface area contributed by atoms with Crippen LogP contribution in [0.5, 0.6) is 0 Å². The van der Waals surface area contributed by atoms with E-state index < -0.39 is 11.7 Å². The Hall–Kier alpha value is -1.10. The molecule has 0 radical (unpaired) electrons. The van der Waals surface area contributed by atoms with E-state index in [1.165, 1.54) is 0 Å². The van der Waals surface area contributed by atoms with Gasteiger partial charge in [0.25, 0.3) is 5.91 Å². The Labute approximate surface area is 111 Å². The number of hydrogen-bond acceptors (Lipinski definition) is 3. The van der Waals surface area contributed by atoms with Gasteiger partial charge >= 0.3 is 0 Å². The van der Waals surface area contributed by atoms with Gasteiger partial charge in [-0.25, -0.2) is 4.42 Å². The molecule has 5 heteroatoms. The lowest BCUT2D eigenvalue weighted by Gasteiger charge is -2.27. The first-order chi connectivity index (χ1) is 8.43. The second-order valence-electron chi connectivity index (χ2n) is 4.81. The maximum Gasteiger partial charge on any atom is 0.273 e. The molecule has 1 atom stereocenters. The zero-order chi connectivity index (χ0) is 13.3. The number of hydrogen-bond donors (Lipinski definition) is 1. The number of benzene rings is 1. The van der Waals surface area contributed by atoms with Gasteiger partial charge in [0.15, 0.2) is 0 Å². The number of halogens is 1. The van der Waals surface area contributed by atoms with Gasteiger partial charge in [-0.05, 0) is 19.9 Å². The van der Waals surface area contributed by atoms with Crippen molar-refractivity contribution in [1.29, 1.82) is 0 Å². The summed E-state index contributed by atoms with van der Waals surface area (Å²) in [6, 6.07) is 7.06. The zero-order valence-corrected chi connectivity index (χ0v) is 11.1. The Kier molecular flexibility index (Phi) is 3.61. The Morgan fingerprint density at radius 3 is 2.83 bits per heavy atom. The largest absolute Gasteiger partial charge is 0.388 e. The third-order valence-corrected chi connectivity index (χ3v) is 3.39. The van der Waals surface area contributed by atoms with Gasteiger partial charge in [-0.15, -0.1) is 0 Å². The number of nitrogens with zero attached hydrogens (tertiary/aromatic N) is 1. The van der Waals surface area contributed by atoms with E-state index in [0.717, 1.165) is 4.42 Å². The molecule has 0 aliphatic carbocycles. The summed E-state index contributed by atoms with van der Waals surface area (Å²) in [5.41, 5.74) is 0.149. The van der Waals surface area contributed by atoms with Crippen LogP contribution in [0.25, 0.3) is 0 Å². The Morgan fingerprint density at radius 1 is 1.44 bits per heavy atom. The fourth-order valence-corrected chi connectivity index (χ4v) is 2.29. The van der Waals surface area contributed by atoms with E-state index in [9.17, 15) is 9.90 Å². The molecule has 1 N–H and O–H groups in total. The highest BCUT2D eigenvalue weighted by Crippen LogP contribution is 2.33. The highest BCUT2D eigenvalue weighted by Gasteiger charge is 2.36. The lowest BCUT2D eigenvalue weighted by atomic mass is 10.0. The van der Waals surface area contributed by atoms with Gasteiger partial charge < -0.3 is 9.84 Å². The molecule has 2 rings (SSSR count). The van der Waals surface area contributed by atoms with Crippen molar-refractivity contribution in [1.82, 2.24) is 0 Å². The molecule has 1 amide bonds. The van der Waals surface area contributed by atoms with Crippen LogP contribution < -0.4 is 4.42 Å². The normalized spacial score (nSPS) is 23.9. The summed E-state index contributed by atoms with van der Waals surface area (Å²) in [5.74, 6) is -0.342. The van der Waals surface area contributed by atoms with E-state index in [0.29, 0.717) is 24.3 Å². The van der Waals surface area contributed by atoms with Gasteiger partial charge in [0.1, 0.15) is 5.60 Å². The molecular formula is C13H16ClNO3. The van der Waals surface area contributed by atoms with Crippen molar-refractivity contribution < 1.29 is 14.6 Å². The number of aliphatic hydroxyl groups is 1. The Bertz CT molecular complexity index is 461. The third kappa shape index (κ3) is 2.36. The van der Waals surface area contributed by atoms with Gasteiger partial charge in [0.05, 0.1) is 18.4 Å². The molecule has 0 fully saturated rings. The summed E-state index contributed by atoms with van der Waals surface area (Å²) < 4.78 is 6.53. The van der Waals surface area contributed by atoms with Crippen LogP contribution in [-0.2, 0) is 9.53 Å². The molecule has 98 valence electrons. The number of anilines is 1. The van der Waals surface area contributed by atoms with E-state index in [4.69, 9.17) is 16.5 Å². The zero-order valence-electron chi connectivity index (χ0n) is 10.4. The van der Waals surface area contributed by atoms with Gasteiger partial charge in [-0.2, -0.15) is 0 Å². The van der Waals surface area contributed by atoms with Gasteiger partial charge in [0, 0.05) is 23.8 Å². The summed E-state index contributed by atoms with van der Waals surface area (Å²) in [4.78, 5) is 12.2. The van der Waals surface area contributed by atoms with Gasteiger partial charge in [-0.3, -0.25) is 4.79 Å². The van der Waals surface area contributed by atoms with Gasteiger partial charge in [-0.1, -0.05) is 18.2 Å². The Balaban J connectivity index is 2.49. The summed E-state index contributed by atoms with van der Waals surface area (Å²) in [5, 5.41) is 10.1. The SMILES string of the molecule is CC1(C)OCCC(O)c2ccccc2N(Cl)C1=O. The molecule has 1 aromatic carbocycles. The molecule has 0 bridgehead atoms. The average molecular weight is 270 g/mol. The van der Waals surface area contributed by atoms with E-state index in [1.54, 1.807) is 38.1 Å². The number of fused-ring (bicyclic) bond motifs is 1. The van der Waals surface area contributed by atoms with Crippen molar-refractivity contribution in [2.45, 2.75) is 32.0 Å². The smallest absolute Gasteiger partial charge is 0.273 e. The van der Waals surface area contributed by atoms with Crippen molar-refractivity contribution in [3.63, 3.8) is 0 Å². The second kappa shape index (κ2) is 4.88. The standard InChI is InChI=1S/C13H16ClNO3/c1-13(2)12(17)15(14)10-6-4-3-5-9(10)11(16)7-8-18-13/h3-6,11,16H,7-8H2,1-2H3. The van der Waals surface area contributed by atoms with Crippen molar-refractivity contribution in [2.75, 3.05) is 11.0 Å². The second-order valence-corrected chi connectivity index (χ2v) is 5.15. The first-order valence-corrected chi connectivity index (χ1v) is 6.18. The lowest BCUT2D eigenvalue weighted by molar-refractivity contribution is -0.139. The topological polar surface area (TPSA) is 49.8 Å². The van der Waals surface area contributed by atoms with E-state index in [2.05, 4.69) is 0 Å². The number of carbonyl (C=O) groups is 1. The summed E-state index contributed by atoms with van der Waals surface area (Å²) in [7, 11) is 0. The number of carbonyl (C=O) groups excluding carboxylic acids is 1. The quantitative estimate of drug-likeness (QED) is 0.736. The van der Waals surface area contributed by atoms with E-state index >= 15 is 0 Å². The van der Waals surface area contributed by atoms with Crippen molar-refractivity contribution in [2.24, 2.45) is 0 Å². The highest BCUT2D eigenvalue weighted by molar-refractivity contribution is 6.37.